The van der Waals surface area contributed by atoms with Crippen LogP contribution in [0.2, 0.25) is 0 Å². The second kappa shape index (κ2) is 5.80. The van der Waals surface area contributed by atoms with Crippen molar-refractivity contribution < 1.29 is 4.74 Å². The molecule has 2 rings (SSSR count). The van der Waals surface area contributed by atoms with Crippen molar-refractivity contribution in [3.63, 3.8) is 0 Å². The number of thiophene rings is 1. The molecule has 1 aromatic rings. The van der Waals surface area contributed by atoms with Crippen LogP contribution in [0.3, 0.4) is 0 Å². The Balaban J connectivity index is 1.74. The van der Waals surface area contributed by atoms with Gasteiger partial charge in [-0.3, -0.25) is 0 Å². The van der Waals surface area contributed by atoms with Crippen molar-refractivity contribution in [1.29, 1.82) is 0 Å². The van der Waals surface area contributed by atoms with Crippen LogP contribution in [0.1, 0.15) is 31.1 Å². The average molecular weight is 239 g/mol. The predicted octanol–water partition coefficient (Wildman–Crippen LogP) is 2.87. The van der Waals surface area contributed by atoms with Gasteiger partial charge >= 0.3 is 0 Å². The van der Waals surface area contributed by atoms with Crippen molar-refractivity contribution in [2.24, 2.45) is 5.92 Å². The van der Waals surface area contributed by atoms with Crippen molar-refractivity contribution >= 4 is 11.3 Å². The number of ether oxygens (including phenoxy) is 1. The first kappa shape index (κ1) is 12.1. The van der Waals surface area contributed by atoms with E-state index in [1.54, 1.807) is 0 Å². The highest BCUT2D eigenvalue weighted by Gasteiger charge is 2.22. The van der Waals surface area contributed by atoms with E-state index in [0.717, 1.165) is 19.8 Å². The van der Waals surface area contributed by atoms with Gasteiger partial charge < -0.3 is 10.1 Å². The molecule has 0 bridgehead atoms. The summed E-state index contributed by atoms with van der Waals surface area (Å²) in [5, 5.41) is 5.79. The largest absolute Gasteiger partial charge is 0.381 e. The van der Waals surface area contributed by atoms with Crippen molar-refractivity contribution in [2.45, 2.75) is 32.2 Å². The third-order valence-corrected chi connectivity index (χ3v) is 4.55. The maximum absolute atomic E-state index is 5.42. The summed E-state index contributed by atoms with van der Waals surface area (Å²) in [7, 11) is 0. The Morgan fingerprint density at radius 3 is 3.06 bits per heavy atom. The molecule has 90 valence electrons. The van der Waals surface area contributed by atoms with Gasteiger partial charge in [0, 0.05) is 30.0 Å². The molecule has 0 aromatic carbocycles. The van der Waals surface area contributed by atoms with Gasteiger partial charge in [0.25, 0.3) is 0 Å². The minimum Gasteiger partial charge on any atom is -0.381 e. The third kappa shape index (κ3) is 3.06. The number of nitrogens with one attached hydrogen (secondary N) is 1. The number of rotatable bonds is 5. The van der Waals surface area contributed by atoms with Crippen LogP contribution in [0.4, 0.5) is 0 Å². The van der Waals surface area contributed by atoms with Crippen molar-refractivity contribution in [1.82, 2.24) is 5.32 Å². The molecule has 3 heteroatoms. The Morgan fingerprint density at radius 1 is 1.56 bits per heavy atom. The molecule has 0 radical (unpaired) electrons. The molecule has 2 nitrogen and oxygen atoms in total. The lowest BCUT2D eigenvalue weighted by Crippen LogP contribution is -2.36. The lowest BCUT2D eigenvalue weighted by Gasteiger charge is -2.21. The van der Waals surface area contributed by atoms with E-state index in [2.05, 4.69) is 36.7 Å². The fourth-order valence-corrected chi connectivity index (χ4v) is 2.94. The Hall–Kier alpha value is -0.380. The van der Waals surface area contributed by atoms with Gasteiger partial charge in [0.2, 0.25) is 0 Å². The quantitative estimate of drug-likeness (QED) is 0.853. The molecule has 1 N–H and O–H groups in total. The zero-order chi connectivity index (χ0) is 11.4. The molecule has 1 saturated heterocycles. The van der Waals surface area contributed by atoms with Crippen LogP contribution in [0.5, 0.6) is 0 Å². The van der Waals surface area contributed by atoms with Gasteiger partial charge in [0.15, 0.2) is 0 Å². The topological polar surface area (TPSA) is 21.3 Å². The van der Waals surface area contributed by atoms with E-state index in [1.165, 1.54) is 11.3 Å². The maximum atomic E-state index is 5.42. The first-order chi connectivity index (χ1) is 7.77. The SMILES string of the molecule is CC(CNC(C)C1CCOC1)c1cccs1. The summed E-state index contributed by atoms with van der Waals surface area (Å²) in [5.41, 5.74) is 0. The van der Waals surface area contributed by atoms with E-state index < -0.39 is 0 Å². The normalized spacial score (nSPS) is 24.5. The zero-order valence-corrected chi connectivity index (χ0v) is 10.9. The molecule has 0 aliphatic carbocycles. The molecule has 3 atom stereocenters. The third-order valence-electron chi connectivity index (χ3n) is 3.45. The number of hydrogen-bond acceptors (Lipinski definition) is 3. The van der Waals surface area contributed by atoms with Gasteiger partial charge in [-0.2, -0.15) is 0 Å². The Morgan fingerprint density at radius 2 is 2.44 bits per heavy atom. The summed E-state index contributed by atoms with van der Waals surface area (Å²) in [6.45, 7) is 7.51. The molecule has 1 fully saturated rings. The average Bonchev–Trinajstić information content (AvgIpc) is 2.95. The highest BCUT2D eigenvalue weighted by atomic mass is 32.1. The van der Waals surface area contributed by atoms with Crippen molar-refractivity contribution in [2.75, 3.05) is 19.8 Å². The molecule has 1 aromatic heterocycles. The summed E-state index contributed by atoms with van der Waals surface area (Å²) < 4.78 is 5.42. The van der Waals surface area contributed by atoms with Crippen LogP contribution < -0.4 is 5.32 Å². The Kier molecular flexibility index (Phi) is 4.38. The molecule has 1 aliphatic rings. The van der Waals surface area contributed by atoms with E-state index in [-0.39, 0.29) is 0 Å². The van der Waals surface area contributed by atoms with Crippen LogP contribution >= 0.6 is 11.3 Å². The first-order valence-corrected chi connectivity index (χ1v) is 7.00. The van der Waals surface area contributed by atoms with E-state index in [0.29, 0.717) is 17.9 Å². The summed E-state index contributed by atoms with van der Waals surface area (Å²) in [6.07, 6.45) is 1.21. The molecule has 2 heterocycles. The fraction of sp³-hybridized carbons (Fsp3) is 0.692. The van der Waals surface area contributed by atoms with Crippen molar-refractivity contribution in [3.05, 3.63) is 22.4 Å². The molecule has 3 unspecified atom stereocenters. The molecule has 0 saturated carbocycles. The summed E-state index contributed by atoms with van der Waals surface area (Å²) in [4.78, 5) is 1.47. The lowest BCUT2D eigenvalue weighted by molar-refractivity contribution is 0.178. The van der Waals surface area contributed by atoms with Crippen LogP contribution in [0.25, 0.3) is 0 Å². The molecular formula is C13H21NOS. The van der Waals surface area contributed by atoms with Gasteiger partial charge in [-0.25, -0.2) is 0 Å². The first-order valence-electron chi connectivity index (χ1n) is 6.12. The highest BCUT2D eigenvalue weighted by molar-refractivity contribution is 7.10. The smallest absolute Gasteiger partial charge is 0.0509 e. The van der Waals surface area contributed by atoms with E-state index >= 15 is 0 Å². The summed E-state index contributed by atoms with van der Waals surface area (Å²) >= 11 is 1.85. The molecule has 1 aliphatic heterocycles. The highest BCUT2D eigenvalue weighted by Crippen LogP contribution is 2.21. The van der Waals surface area contributed by atoms with Crippen molar-refractivity contribution in [3.8, 4) is 0 Å². The van der Waals surface area contributed by atoms with E-state index in [9.17, 15) is 0 Å². The standard InChI is InChI=1S/C13H21NOS/c1-10(13-4-3-7-16-13)8-14-11(2)12-5-6-15-9-12/h3-4,7,10-12,14H,5-6,8-9H2,1-2H3. The molecule has 0 amide bonds. The molecular weight excluding hydrogens is 218 g/mol. The van der Waals surface area contributed by atoms with Crippen LogP contribution in [0, 0.1) is 5.92 Å². The van der Waals surface area contributed by atoms with Crippen LogP contribution in [0.15, 0.2) is 17.5 Å². The predicted molar refractivity (Wildman–Crippen MR) is 69.1 cm³/mol. The Labute approximate surface area is 102 Å². The van der Waals surface area contributed by atoms with Gasteiger partial charge in [-0.1, -0.05) is 13.0 Å². The summed E-state index contributed by atoms with van der Waals surface area (Å²) in [5.74, 6) is 1.32. The second-order valence-electron chi connectivity index (χ2n) is 4.74. The molecule has 16 heavy (non-hydrogen) atoms. The van der Waals surface area contributed by atoms with Gasteiger partial charge in [0.1, 0.15) is 0 Å². The lowest BCUT2D eigenvalue weighted by atomic mass is 10.00. The van der Waals surface area contributed by atoms with E-state index in [1.807, 2.05) is 11.3 Å². The van der Waals surface area contributed by atoms with Gasteiger partial charge in [0.05, 0.1) is 6.61 Å². The monoisotopic (exact) mass is 239 g/mol. The molecule has 0 spiro atoms. The van der Waals surface area contributed by atoms with Gasteiger partial charge in [-0.15, -0.1) is 11.3 Å². The Bertz CT molecular complexity index is 293. The minimum atomic E-state index is 0.574. The van der Waals surface area contributed by atoms with E-state index in [4.69, 9.17) is 4.74 Å². The maximum Gasteiger partial charge on any atom is 0.0509 e. The minimum absolute atomic E-state index is 0.574. The zero-order valence-electron chi connectivity index (χ0n) is 10.1. The second-order valence-corrected chi connectivity index (χ2v) is 5.72. The van der Waals surface area contributed by atoms with Crippen LogP contribution in [-0.2, 0) is 4.74 Å². The van der Waals surface area contributed by atoms with Gasteiger partial charge in [-0.05, 0) is 30.7 Å². The number of hydrogen-bond donors (Lipinski definition) is 1. The van der Waals surface area contributed by atoms with Crippen LogP contribution in [-0.4, -0.2) is 25.8 Å². The fourth-order valence-electron chi connectivity index (χ4n) is 2.15. The summed E-state index contributed by atoms with van der Waals surface area (Å²) in [6, 6.07) is 4.93.